The van der Waals surface area contributed by atoms with Gasteiger partial charge < -0.3 is 13.3 Å². The SMILES string of the molecule is CCc1ccc[n+](CCCC[Si](OC)(OC)OC)c1. The molecule has 1 rings (SSSR count). The van der Waals surface area contributed by atoms with Crippen molar-refractivity contribution in [1.29, 1.82) is 0 Å². The maximum Gasteiger partial charge on any atom is 0.500 e. The Kier molecular flexibility index (Phi) is 7.23. The molecule has 5 heteroatoms. The second kappa shape index (κ2) is 8.42. The van der Waals surface area contributed by atoms with Crippen LogP contribution in [0.4, 0.5) is 0 Å². The average molecular weight is 284 g/mol. The van der Waals surface area contributed by atoms with Gasteiger partial charge in [-0.3, -0.25) is 0 Å². The predicted molar refractivity (Wildman–Crippen MR) is 76.8 cm³/mol. The summed E-state index contributed by atoms with van der Waals surface area (Å²) in [5.41, 5.74) is 1.37. The third-order valence-electron chi connectivity index (χ3n) is 3.41. The number of nitrogens with zero attached hydrogens (tertiary/aromatic N) is 1. The molecule has 0 aromatic carbocycles. The van der Waals surface area contributed by atoms with Gasteiger partial charge in [-0.05, 0) is 18.9 Å². The normalized spacial score (nSPS) is 11.8. The van der Waals surface area contributed by atoms with Crippen LogP contribution in [-0.2, 0) is 26.2 Å². The van der Waals surface area contributed by atoms with Gasteiger partial charge in [-0.15, -0.1) is 0 Å². The second-order valence-electron chi connectivity index (χ2n) is 4.56. The highest BCUT2D eigenvalue weighted by molar-refractivity contribution is 6.60. The molecular formula is C14H26NO3Si+. The van der Waals surface area contributed by atoms with E-state index in [4.69, 9.17) is 13.3 Å². The summed E-state index contributed by atoms with van der Waals surface area (Å²) in [4.78, 5) is 0. The van der Waals surface area contributed by atoms with Crippen LogP contribution in [0.2, 0.25) is 6.04 Å². The Morgan fingerprint density at radius 2 is 1.79 bits per heavy atom. The Morgan fingerprint density at radius 1 is 1.11 bits per heavy atom. The zero-order chi connectivity index (χ0) is 14.1. The van der Waals surface area contributed by atoms with Gasteiger partial charge in [0, 0.05) is 45.4 Å². The fourth-order valence-electron chi connectivity index (χ4n) is 2.12. The fourth-order valence-corrected chi connectivity index (χ4v) is 3.91. The quantitative estimate of drug-likeness (QED) is 0.396. The Labute approximate surface area is 117 Å². The maximum absolute atomic E-state index is 5.41. The van der Waals surface area contributed by atoms with E-state index >= 15 is 0 Å². The van der Waals surface area contributed by atoms with E-state index in [2.05, 4.69) is 36.0 Å². The predicted octanol–water partition coefficient (Wildman–Crippen LogP) is 2.19. The van der Waals surface area contributed by atoms with Gasteiger partial charge in [0.05, 0.1) is 0 Å². The highest BCUT2D eigenvalue weighted by atomic mass is 28.4. The van der Waals surface area contributed by atoms with Crippen molar-refractivity contribution >= 4 is 8.80 Å². The lowest BCUT2D eigenvalue weighted by Crippen LogP contribution is -2.42. The van der Waals surface area contributed by atoms with Crippen molar-refractivity contribution in [3.8, 4) is 0 Å². The number of aryl methyl sites for hydroxylation is 2. The summed E-state index contributed by atoms with van der Waals surface area (Å²) in [5, 5.41) is 0. The lowest BCUT2D eigenvalue weighted by atomic mass is 10.2. The molecule has 0 radical (unpaired) electrons. The van der Waals surface area contributed by atoms with Gasteiger partial charge in [-0.1, -0.05) is 6.92 Å². The minimum atomic E-state index is -2.38. The lowest BCUT2D eigenvalue weighted by Gasteiger charge is -2.23. The molecule has 0 amide bonds. The highest BCUT2D eigenvalue weighted by Gasteiger charge is 2.36. The molecule has 1 aromatic rings. The molecule has 0 aliphatic carbocycles. The fraction of sp³-hybridized carbons (Fsp3) is 0.643. The highest BCUT2D eigenvalue weighted by Crippen LogP contribution is 2.16. The van der Waals surface area contributed by atoms with E-state index in [1.807, 2.05) is 0 Å². The standard InChI is InChI=1S/C14H26NO3Si/c1-5-14-9-8-11-15(13-14)10-6-7-12-19(16-2,17-3)18-4/h8-9,11,13H,5-7,10,12H2,1-4H3/q+1. The number of rotatable bonds is 9. The van der Waals surface area contributed by atoms with Crippen molar-refractivity contribution in [3.63, 3.8) is 0 Å². The third-order valence-corrected chi connectivity index (χ3v) is 6.24. The summed E-state index contributed by atoms with van der Waals surface area (Å²) < 4.78 is 18.5. The average Bonchev–Trinajstić information content (AvgIpc) is 2.48. The summed E-state index contributed by atoms with van der Waals surface area (Å²) in [6.07, 6.45) is 7.56. The van der Waals surface area contributed by atoms with E-state index < -0.39 is 8.80 Å². The van der Waals surface area contributed by atoms with Crippen LogP contribution in [0.3, 0.4) is 0 Å². The topological polar surface area (TPSA) is 31.6 Å². The van der Waals surface area contributed by atoms with Crippen molar-refractivity contribution in [2.75, 3.05) is 21.3 Å². The molecule has 0 N–H and O–H groups in total. The van der Waals surface area contributed by atoms with Gasteiger partial charge in [0.25, 0.3) is 0 Å². The van der Waals surface area contributed by atoms with E-state index in [1.165, 1.54) is 5.56 Å². The van der Waals surface area contributed by atoms with Crippen LogP contribution < -0.4 is 4.57 Å². The summed E-state index contributed by atoms with van der Waals surface area (Å²) in [6.45, 7) is 3.20. The first kappa shape index (κ1) is 16.3. The molecule has 19 heavy (non-hydrogen) atoms. The minimum absolute atomic E-state index is 0.866. The molecule has 0 spiro atoms. The van der Waals surface area contributed by atoms with Gasteiger partial charge >= 0.3 is 8.80 Å². The molecule has 0 saturated heterocycles. The monoisotopic (exact) mass is 284 g/mol. The second-order valence-corrected chi connectivity index (χ2v) is 7.65. The summed E-state index contributed by atoms with van der Waals surface area (Å²) in [5.74, 6) is 0. The minimum Gasteiger partial charge on any atom is -0.377 e. The van der Waals surface area contributed by atoms with Crippen LogP contribution in [-0.4, -0.2) is 30.1 Å². The molecule has 1 aromatic heterocycles. The van der Waals surface area contributed by atoms with Crippen molar-refractivity contribution in [3.05, 3.63) is 30.1 Å². The molecule has 0 bridgehead atoms. The van der Waals surface area contributed by atoms with Crippen molar-refractivity contribution < 1.29 is 17.8 Å². The lowest BCUT2D eigenvalue weighted by molar-refractivity contribution is -0.697. The van der Waals surface area contributed by atoms with Crippen LogP contribution in [0.25, 0.3) is 0 Å². The van der Waals surface area contributed by atoms with Gasteiger partial charge in [0.15, 0.2) is 12.4 Å². The van der Waals surface area contributed by atoms with Crippen LogP contribution in [0.1, 0.15) is 25.3 Å². The van der Waals surface area contributed by atoms with Gasteiger partial charge in [0.2, 0.25) is 0 Å². The summed E-state index contributed by atoms with van der Waals surface area (Å²) in [7, 11) is 2.61. The Bertz CT molecular complexity index is 361. The Hall–Kier alpha value is -0.753. The van der Waals surface area contributed by atoms with E-state index in [-0.39, 0.29) is 0 Å². The summed E-state index contributed by atoms with van der Waals surface area (Å²) in [6, 6.07) is 5.14. The van der Waals surface area contributed by atoms with Crippen LogP contribution >= 0.6 is 0 Å². The number of hydrogen-bond acceptors (Lipinski definition) is 3. The van der Waals surface area contributed by atoms with Crippen LogP contribution in [0, 0.1) is 0 Å². The van der Waals surface area contributed by atoms with Gasteiger partial charge in [-0.25, -0.2) is 4.57 Å². The number of hydrogen-bond donors (Lipinski definition) is 0. The third kappa shape index (κ3) is 5.02. The molecule has 1 heterocycles. The number of aromatic nitrogens is 1. The van der Waals surface area contributed by atoms with Gasteiger partial charge in [0.1, 0.15) is 6.54 Å². The molecule has 108 valence electrons. The molecular weight excluding hydrogens is 258 g/mol. The van der Waals surface area contributed by atoms with E-state index in [9.17, 15) is 0 Å². The first-order valence-electron chi connectivity index (χ1n) is 6.83. The van der Waals surface area contributed by atoms with Crippen LogP contribution in [0.15, 0.2) is 24.5 Å². The van der Waals surface area contributed by atoms with Crippen molar-refractivity contribution in [2.24, 2.45) is 0 Å². The van der Waals surface area contributed by atoms with Crippen LogP contribution in [0.5, 0.6) is 0 Å². The molecule has 0 atom stereocenters. The maximum atomic E-state index is 5.41. The molecule has 0 aliphatic heterocycles. The first-order chi connectivity index (χ1) is 9.19. The van der Waals surface area contributed by atoms with E-state index in [1.54, 1.807) is 21.3 Å². The molecule has 0 aliphatic rings. The molecule has 4 nitrogen and oxygen atoms in total. The Morgan fingerprint density at radius 3 is 2.37 bits per heavy atom. The van der Waals surface area contributed by atoms with Crippen molar-refractivity contribution in [1.82, 2.24) is 0 Å². The summed E-state index contributed by atoms with van der Waals surface area (Å²) >= 11 is 0. The van der Waals surface area contributed by atoms with E-state index in [0.717, 1.165) is 31.9 Å². The number of pyridine rings is 1. The van der Waals surface area contributed by atoms with Crippen molar-refractivity contribution in [2.45, 2.75) is 38.8 Å². The van der Waals surface area contributed by atoms with E-state index in [0.29, 0.717) is 0 Å². The van der Waals surface area contributed by atoms with Gasteiger partial charge in [-0.2, -0.15) is 0 Å². The molecule has 0 saturated carbocycles. The Balaban J connectivity index is 2.37. The molecule has 0 fully saturated rings. The molecule has 0 unspecified atom stereocenters. The smallest absolute Gasteiger partial charge is 0.377 e. The number of unbranched alkanes of at least 4 members (excludes halogenated alkanes) is 1. The largest absolute Gasteiger partial charge is 0.500 e. The zero-order valence-electron chi connectivity index (χ0n) is 12.5. The zero-order valence-corrected chi connectivity index (χ0v) is 13.5. The first-order valence-corrected chi connectivity index (χ1v) is 8.76.